The standard InChI is InChI=1S/C22H31N5O.HI/c1-4-23-22(25-16-8-15-24-20-9-6-5-7-10-20)26-17-18-11-13-19(14-12-18)21(28)27(2)3;/h5-7,9-14,24H,4,8,15-17H2,1-3H3,(H2,23,25,26);1H. The molecule has 0 aliphatic carbocycles. The highest BCUT2D eigenvalue weighted by atomic mass is 127. The fourth-order valence-electron chi connectivity index (χ4n) is 2.61. The highest BCUT2D eigenvalue weighted by Gasteiger charge is 2.07. The number of aliphatic imine (C=N–C) groups is 1. The van der Waals surface area contributed by atoms with E-state index in [0.717, 1.165) is 43.3 Å². The Labute approximate surface area is 191 Å². The minimum absolute atomic E-state index is 0. The van der Waals surface area contributed by atoms with E-state index < -0.39 is 0 Å². The quantitative estimate of drug-likeness (QED) is 0.209. The second-order valence-electron chi connectivity index (χ2n) is 6.66. The molecule has 29 heavy (non-hydrogen) atoms. The third kappa shape index (κ3) is 9.17. The van der Waals surface area contributed by atoms with Gasteiger partial charge in [0, 0.05) is 45.0 Å². The monoisotopic (exact) mass is 509 g/mol. The largest absolute Gasteiger partial charge is 0.385 e. The van der Waals surface area contributed by atoms with E-state index in [1.165, 1.54) is 0 Å². The fraction of sp³-hybridized carbons (Fsp3) is 0.364. The van der Waals surface area contributed by atoms with Crippen LogP contribution in [-0.4, -0.2) is 50.5 Å². The summed E-state index contributed by atoms with van der Waals surface area (Å²) in [6.45, 7) is 5.16. The molecule has 0 fully saturated rings. The number of anilines is 1. The van der Waals surface area contributed by atoms with Crippen LogP contribution in [-0.2, 0) is 6.54 Å². The average molecular weight is 509 g/mol. The van der Waals surface area contributed by atoms with Gasteiger partial charge in [0.25, 0.3) is 5.91 Å². The second kappa shape index (κ2) is 13.8. The molecule has 3 N–H and O–H groups in total. The normalized spacial score (nSPS) is 10.7. The summed E-state index contributed by atoms with van der Waals surface area (Å²) < 4.78 is 0. The molecule has 0 atom stereocenters. The van der Waals surface area contributed by atoms with Gasteiger partial charge < -0.3 is 20.9 Å². The number of nitrogens with zero attached hydrogens (tertiary/aromatic N) is 2. The molecular formula is C22H32IN5O. The molecule has 7 heteroatoms. The topological polar surface area (TPSA) is 68.8 Å². The first-order valence-electron chi connectivity index (χ1n) is 9.72. The Morgan fingerprint density at radius 3 is 2.28 bits per heavy atom. The Morgan fingerprint density at radius 1 is 0.966 bits per heavy atom. The van der Waals surface area contributed by atoms with Crippen molar-refractivity contribution in [1.82, 2.24) is 15.5 Å². The van der Waals surface area contributed by atoms with E-state index in [-0.39, 0.29) is 29.9 Å². The van der Waals surface area contributed by atoms with Crippen molar-refractivity contribution < 1.29 is 4.79 Å². The molecule has 2 rings (SSSR count). The third-order valence-corrected chi connectivity index (χ3v) is 4.12. The van der Waals surface area contributed by atoms with Gasteiger partial charge in [-0.1, -0.05) is 30.3 Å². The van der Waals surface area contributed by atoms with Crippen LogP contribution in [0.15, 0.2) is 59.6 Å². The van der Waals surface area contributed by atoms with E-state index in [1.807, 2.05) is 42.5 Å². The maximum atomic E-state index is 11.9. The number of hydrogen-bond acceptors (Lipinski definition) is 3. The van der Waals surface area contributed by atoms with Gasteiger partial charge in [0.05, 0.1) is 6.54 Å². The summed E-state index contributed by atoms with van der Waals surface area (Å²) in [5.41, 5.74) is 2.89. The Bertz CT molecular complexity index is 748. The molecule has 0 spiro atoms. The second-order valence-corrected chi connectivity index (χ2v) is 6.66. The Hall–Kier alpha value is -2.29. The van der Waals surface area contributed by atoms with Crippen molar-refractivity contribution in [3.63, 3.8) is 0 Å². The van der Waals surface area contributed by atoms with Gasteiger partial charge in [0.15, 0.2) is 5.96 Å². The van der Waals surface area contributed by atoms with Gasteiger partial charge in [-0.2, -0.15) is 0 Å². The van der Waals surface area contributed by atoms with Crippen LogP contribution in [0.2, 0.25) is 0 Å². The van der Waals surface area contributed by atoms with Crippen molar-refractivity contribution in [1.29, 1.82) is 0 Å². The van der Waals surface area contributed by atoms with Crippen LogP contribution in [0.25, 0.3) is 0 Å². The summed E-state index contributed by atoms with van der Waals surface area (Å²) in [5, 5.41) is 10.0. The first kappa shape index (κ1) is 24.7. The molecule has 0 aromatic heterocycles. The van der Waals surface area contributed by atoms with Crippen molar-refractivity contribution in [2.75, 3.05) is 39.0 Å². The Morgan fingerprint density at radius 2 is 1.66 bits per heavy atom. The van der Waals surface area contributed by atoms with E-state index >= 15 is 0 Å². The molecule has 2 aromatic rings. The van der Waals surface area contributed by atoms with Crippen molar-refractivity contribution in [2.24, 2.45) is 4.99 Å². The number of para-hydroxylation sites is 1. The zero-order valence-electron chi connectivity index (χ0n) is 17.4. The number of nitrogens with one attached hydrogen (secondary N) is 3. The molecule has 0 aliphatic rings. The van der Waals surface area contributed by atoms with Crippen LogP contribution in [0, 0.1) is 0 Å². The van der Waals surface area contributed by atoms with Gasteiger partial charge in [0.2, 0.25) is 0 Å². The van der Waals surface area contributed by atoms with Crippen LogP contribution in [0.1, 0.15) is 29.3 Å². The molecule has 0 aliphatic heterocycles. The number of carbonyl (C=O) groups excluding carboxylic acids is 1. The zero-order valence-corrected chi connectivity index (χ0v) is 19.8. The highest BCUT2D eigenvalue weighted by Crippen LogP contribution is 2.07. The lowest BCUT2D eigenvalue weighted by atomic mass is 10.1. The molecule has 0 radical (unpaired) electrons. The molecule has 6 nitrogen and oxygen atoms in total. The van der Waals surface area contributed by atoms with E-state index in [4.69, 9.17) is 0 Å². The zero-order chi connectivity index (χ0) is 20.2. The average Bonchev–Trinajstić information content (AvgIpc) is 2.72. The van der Waals surface area contributed by atoms with Gasteiger partial charge in [0.1, 0.15) is 0 Å². The summed E-state index contributed by atoms with van der Waals surface area (Å²) in [4.78, 5) is 18.1. The minimum atomic E-state index is 0. The summed E-state index contributed by atoms with van der Waals surface area (Å²) in [6.07, 6.45) is 0.987. The number of benzene rings is 2. The molecule has 0 bridgehead atoms. The summed E-state index contributed by atoms with van der Waals surface area (Å²) in [5.74, 6) is 0.810. The molecular weight excluding hydrogens is 477 g/mol. The van der Waals surface area contributed by atoms with E-state index in [1.54, 1.807) is 19.0 Å². The molecule has 0 saturated heterocycles. The van der Waals surface area contributed by atoms with E-state index in [2.05, 4.69) is 40.0 Å². The fourth-order valence-corrected chi connectivity index (χ4v) is 2.61. The lowest BCUT2D eigenvalue weighted by Gasteiger charge is -2.12. The van der Waals surface area contributed by atoms with Crippen LogP contribution in [0.3, 0.4) is 0 Å². The molecule has 2 aromatic carbocycles. The van der Waals surface area contributed by atoms with Crippen molar-refractivity contribution in [3.8, 4) is 0 Å². The summed E-state index contributed by atoms with van der Waals surface area (Å²) in [7, 11) is 3.51. The van der Waals surface area contributed by atoms with Gasteiger partial charge in [-0.3, -0.25) is 4.79 Å². The van der Waals surface area contributed by atoms with Crippen LogP contribution >= 0.6 is 24.0 Å². The first-order chi connectivity index (χ1) is 13.6. The van der Waals surface area contributed by atoms with Gasteiger partial charge >= 0.3 is 0 Å². The molecule has 0 saturated carbocycles. The maximum Gasteiger partial charge on any atom is 0.253 e. The SMILES string of the molecule is CCNC(=NCc1ccc(C(=O)N(C)C)cc1)NCCCNc1ccccc1.I. The number of hydrogen-bond donors (Lipinski definition) is 3. The summed E-state index contributed by atoms with van der Waals surface area (Å²) >= 11 is 0. The van der Waals surface area contributed by atoms with E-state index in [0.29, 0.717) is 12.1 Å². The maximum absolute atomic E-state index is 11.9. The van der Waals surface area contributed by atoms with Gasteiger partial charge in [-0.25, -0.2) is 4.99 Å². The number of guanidine groups is 1. The van der Waals surface area contributed by atoms with Crippen molar-refractivity contribution >= 4 is 41.5 Å². The molecule has 0 unspecified atom stereocenters. The summed E-state index contributed by atoms with van der Waals surface area (Å²) in [6, 6.07) is 17.8. The number of amides is 1. The van der Waals surface area contributed by atoms with Crippen molar-refractivity contribution in [3.05, 3.63) is 65.7 Å². The lowest BCUT2D eigenvalue weighted by molar-refractivity contribution is 0.0827. The number of carbonyl (C=O) groups is 1. The van der Waals surface area contributed by atoms with Crippen LogP contribution in [0.5, 0.6) is 0 Å². The van der Waals surface area contributed by atoms with Crippen LogP contribution < -0.4 is 16.0 Å². The van der Waals surface area contributed by atoms with Crippen molar-refractivity contribution in [2.45, 2.75) is 19.9 Å². The smallest absolute Gasteiger partial charge is 0.253 e. The Balaban J connectivity index is 0.00000420. The molecule has 1 amide bonds. The molecule has 0 heterocycles. The lowest BCUT2D eigenvalue weighted by Crippen LogP contribution is -2.38. The van der Waals surface area contributed by atoms with E-state index in [9.17, 15) is 4.79 Å². The van der Waals surface area contributed by atoms with Gasteiger partial charge in [-0.05, 0) is 43.2 Å². The Kier molecular flexibility index (Phi) is 11.8. The predicted octanol–water partition coefficient (Wildman–Crippen LogP) is 3.56. The number of halogens is 1. The first-order valence-corrected chi connectivity index (χ1v) is 9.72. The van der Waals surface area contributed by atoms with Gasteiger partial charge in [-0.15, -0.1) is 24.0 Å². The van der Waals surface area contributed by atoms with Crippen LogP contribution in [0.4, 0.5) is 5.69 Å². The predicted molar refractivity (Wildman–Crippen MR) is 132 cm³/mol. The number of rotatable bonds is 9. The highest BCUT2D eigenvalue weighted by molar-refractivity contribution is 14.0. The third-order valence-electron chi connectivity index (χ3n) is 4.12. The minimum Gasteiger partial charge on any atom is -0.385 e. The molecule has 158 valence electrons.